The van der Waals surface area contributed by atoms with Gasteiger partial charge in [0.05, 0.1) is 27.3 Å². The number of hydrogen-bond donors (Lipinski definition) is 0. The topological polar surface area (TPSA) is 60.9 Å². The fourth-order valence-corrected chi connectivity index (χ4v) is 2.53. The van der Waals surface area contributed by atoms with Gasteiger partial charge < -0.3 is 0 Å². The van der Waals surface area contributed by atoms with Gasteiger partial charge in [0, 0.05) is 0 Å². The molecule has 0 amide bonds. The van der Waals surface area contributed by atoms with Crippen LogP contribution >= 0.6 is 23.2 Å². The summed E-state index contributed by atoms with van der Waals surface area (Å²) in [6, 6.07) is 5.31. The Morgan fingerprint density at radius 3 is 2.71 bits per heavy atom. The Bertz CT molecular complexity index is 987. The highest BCUT2D eigenvalue weighted by atomic mass is 35.5. The van der Waals surface area contributed by atoms with E-state index in [2.05, 4.69) is 20.3 Å². The summed E-state index contributed by atoms with van der Waals surface area (Å²) < 4.78 is 3.52. The van der Waals surface area contributed by atoms with E-state index in [1.54, 1.807) is 29.3 Å². The zero-order valence-corrected chi connectivity index (χ0v) is 12.3. The number of aryl methyl sites for hydroxylation is 1. The predicted molar refractivity (Wildman–Crippen MR) is 80.2 cm³/mol. The maximum Gasteiger partial charge on any atom is 0.174 e. The van der Waals surface area contributed by atoms with Gasteiger partial charge in [-0.2, -0.15) is 5.10 Å². The van der Waals surface area contributed by atoms with E-state index in [4.69, 9.17) is 23.2 Å². The Morgan fingerprint density at radius 2 is 1.90 bits per heavy atom. The summed E-state index contributed by atoms with van der Waals surface area (Å²) in [5.74, 6) is 0.779. The molecule has 0 aliphatic rings. The lowest BCUT2D eigenvalue weighted by atomic mass is 10.3. The summed E-state index contributed by atoms with van der Waals surface area (Å²) >= 11 is 12.0. The van der Waals surface area contributed by atoms with Gasteiger partial charge >= 0.3 is 0 Å². The highest BCUT2D eigenvalue weighted by Crippen LogP contribution is 2.26. The number of nitrogens with zero attached hydrogens (tertiary/aromatic N) is 6. The first kappa shape index (κ1) is 12.6. The van der Waals surface area contributed by atoms with Crippen molar-refractivity contribution in [2.75, 3.05) is 0 Å². The van der Waals surface area contributed by atoms with Crippen LogP contribution in [0.25, 0.3) is 22.4 Å². The fraction of sp³-hybridized carbons (Fsp3) is 0.0769. The van der Waals surface area contributed by atoms with Gasteiger partial charge in [-0.3, -0.25) is 4.40 Å². The maximum absolute atomic E-state index is 6.06. The van der Waals surface area contributed by atoms with E-state index in [1.807, 2.05) is 17.4 Å². The molecule has 0 bridgehead atoms. The lowest BCUT2D eigenvalue weighted by molar-refractivity contribution is 0.891. The van der Waals surface area contributed by atoms with Crippen molar-refractivity contribution in [3.63, 3.8) is 0 Å². The van der Waals surface area contributed by atoms with Gasteiger partial charge in [0.15, 0.2) is 11.3 Å². The van der Waals surface area contributed by atoms with Crippen LogP contribution in [0, 0.1) is 6.92 Å². The molecular weight excluding hydrogens is 311 g/mol. The van der Waals surface area contributed by atoms with Crippen molar-refractivity contribution in [3.8, 4) is 5.69 Å². The summed E-state index contributed by atoms with van der Waals surface area (Å²) in [4.78, 5) is 4.44. The van der Waals surface area contributed by atoms with Crippen LogP contribution in [-0.2, 0) is 0 Å². The maximum atomic E-state index is 6.06. The van der Waals surface area contributed by atoms with Crippen molar-refractivity contribution in [1.82, 2.24) is 29.4 Å². The van der Waals surface area contributed by atoms with Crippen molar-refractivity contribution in [1.29, 1.82) is 0 Å². The van der Waals surface area contributed by atoms with Crippen LogP contribution in [0.15, 0.2) is 30.7 Å². The molecule has 0 unspecified atom stereocenters. The quantitative estimate of drug-likeness (QED) is 0.541. The first-order valence-electron chi connectivity index (χ1n) is 6.14. The smallest absolute Gasteiger partial charge is 0.174 e. The molecule has 21 heavy (non-hydrogen) atoms. The predicted octanol–water partition coefficient (Wildman–Crippen LogP) is 3.08. The third-order valence-corrected chi connectivity index (χ3v) is 4.03. The molecule has 0 aliphatic carbocycles. The molecule has 4 aromatic rings. The van der Waals surface area contributed by atoms with Crippen molar-refractivity contribution >= 4 is 39.9 Å². The molecule has 0 fully saturated rings. The monoisotopic (exact) mass is 318 g/mol. The Morgan fingerprint density at radius 1 is 1.05 bits per heavy atom. The van der Waals surface area contributed by atoms with E-state index in [0.717, 1.165) is 22.5 Å². The average Bonchev–Trinajstić information content (AvgIpc) is 3.06. The highest BCUT2D eigenvalue weighted by Gasteiger charge is 2.13. The van der Waals surface area contributed by atoms with Gasteiger partial charge in [0.1, 0.15) is 12.2 Å². The summed E-state index contributed by atoms with van der Waals surface area (Å²) in [6.07, 6.45) is 3.40. The molecule has 6 nitrogen and oxygen atoms in total. The van der Waals surface area contributed by atoms with Gasteiger partial charge in [0.2, 0.25) is 0 Å². The van der Waals surface area contributed by atoms with Crippen LogP contribution in [0.3, 0.4) is 0 Å². The second-order valence-corrected chi connectivity index (χ2v) is 5.39. The van der Waals surface area contributed by atoms with Crippen LogP contribution in [-0.4, -0.2) is 29.4 Å². The molecule has 104 valence electrons. The number of rotatable bonds is 1. The minimum absolute atomic E-state index is 0.470. The van der Waals surface area contributed by atoms with E-state index in [-0.39, 0.29) is 0 Å². The Hall–Kier alpha value is -2.18. The minimum Gasteiger partial charge on any atom is -0.269 e. The van der Waals surface area contributed by atoms with Crippen LogP contribution < -0.4 is 0 Å². The first-order chi connectivity index (χ1) is 10.1. The first-order valence-corrected chi connectivity index (χ1v) is 6.90. The van der Waals surface area contributed by atoms with Crippen LogP contribution in [0.4, 0.5) is 0 Å². The van der Waals surface area contributed by atoms with Crippen LogP contribution in [0.2, 0.25) is 10.0 Å². The van der Waals surface area contributed by atoms with E-state index < -0.39 is 0 Å². The third-order valence-electron chi connectivity index (χ3n) is 3.29. The van der Waals surface area contributed by atoms with E-state index in [1.165, 1.54) is 0 Å². The SMILES string of the molecule is Cc1nnc2c3cnn(-c4ccc(Cl)c(Cl)c4)c3ncn12. The van der Waals surface area contributed by atoms with Crippen LogP contribution in [0.5, 0.6) is 0 Å². The van der Waals surface area contributed by atoms with E-state index in [0.29, 0.717) is 15.7 Å². The molecule has 8 heteroatoms. The molecule has 3 heterocycles. The second-order valence-electron chi connectivity index (χ2n) is 4.58. The number of aromatic nitrogens is 6. The summed E-state index contributed by atoms with van der Waals surface area (Å²) in [7, 11) is 0. The van der Waals surface area contributed by atoms with Crippen molar-refractivity contribution in [2.45, 2.75) is 6.92 Å². The molecule has 0 saturated heterocycles. The van der Waals surface area contributed by atoms with Gasteiger partial charge in [-0.1, -0.05) is 23.2 Å². The lowest BCUT2D eigenvalue weighted by Gasteiger charge is -2.04. The van der Waals surface area contributed by atoms with Gasteiger partial charge in [-0.25, -0.2) is 9.67 Å². The van der Waals surface area contributed by atoms with Crippen LogP contribution in [0.1, 0.15) is 5.82 Å². The summed E-state index contributed by atoms with van der Waals surface area (Å²) in [6.45, 7) is 1.87. The lowest BCUT2D eigenvalue weighted by Crippen LogP contribution is -1.99. The molecule has 0 saturated carbocycles. The Balaban J connectivity index is 2.01. The second kappa shape index (κ2) is 4.41. The van der Waals surface area contributed by atoms with Gasteiger partial charge in [-0.05, 0) is 25.1 Å². The summed E-state index contributed by atoms with van der Waals surface area (Å²) in [5, 5.41) is 14.4. The third kappa shape index (κ3) is 1.80. The Labute approximate surface area is 128 Å². The molecule has 4 rings (SSSR count). The Kier molecular flexibility index (Phi) is 2.63. The standard InChI is InChI=1S/C13H8Cl2N6/c1-7-18-19-13-9-5-17-21(12(9)16-6-20(7)13)8-2-3-10(14)11(15)4-8/h2-6H,1H3. The molecule has 0 N–H and O–H groups in total. The fourth-order valence-electron chi connectivity index (χ4n) is 2.23. The number of hydrogen-bond acceptors (Lipinski definition) is 4. The van der Waals surface area contributed by atoms with E-state index >= 15 is 0 Å². The van der Waals surface area contributed by atoms with Crippen molar-refractivity contribution in [2.24, 2.45) is 0 Å². The highest BCUT2D eigenvalue weighted by molar-refractivity contribution is 6.42. The largest absolute Gasteiger partial charge is 0.269 e. The molecule has 0 aliphatic heterocycles. The molecule has 0 spiro atoms. The molecule has 1 aromatic carbocycles. The average molecular weight is 319 g/mol. The molecule has 0 radical (unpaired) electrons. The van der Waals surface area contributed by atoms with Gasteiger partial charge in [-0.15, -0.1) is 10.2 Å². The zero-order chi connectivity index (χ0) is 14.6. The molecule has 3 aromatic heterocycles. The summed E-state index contributed by atoms with van der Waals surface area (Å²) in [5.41, 5.74) is 2.20. The van der Waals surface area contributed by atoms with E-state index in [9.17, 15) is 0 Å². The molecular formula is C13H8Cl2N6. The van der Waals surface area contributed by atoms with Gasteiger partial charge in [0.25, 0.3) is 0 Å². The molecule has 0 atom stereocenters. The number of fused-ring (bicyclic) bond motifs is 3. The minimum atomic E-state index is 0.470. The van der Waals surface area contributed by atoms with Crippen molar-refractivity contribution in [3.05, 3.63) is 46.6 Å². The zero-order valence-electron chi connectivity index (χ0n) is 10.8. The number of benzene rings is 1. The number of halogens is 2. The normalized spacial score (nSPS) is 11.6. The van der Waals surface area contributed by atoms with Crippen molar-refractivity contribution < 1.29 is 0 Å².